The van der Waals surface area contributed by atoms with Crippen LogP contribution in [-0.4, -0.2) is 20.7 Å². The Morgan fingerprint density at radius 3 is 2.43 bits per heavy atom. The van der Waals surface area contributed by atoms with Gasteiger partial charge in [-0.15, -0.1) is 0 Å². The van der Waals surface area contributed by atoms with Crippen LogP contribution in [0, 0.1) is 13.8 Å². The quantitative estimate of drug-likeness (QED) is 0.398. The highest BCUT2D eigenvalue weighted by atomic mass is 16.5. The molecule has 35 heavy (non-hydrogen) atoms. The van der Waals surface area contributed by atoms with Gasteiger partial charge in [0.2, 0.25) is 5.95 Å². The summed E-state index contributed by atoms with van der Waals surface area (Å²) < 4.78 is 7.76. The highest BCUT2D eigenvalue weighted by Gasteiger charge is 2.33. The highest BCUT2D eigenvalue weighted by molar-refractivity contribution is 6.06. The van der Waals surface area contributed by atoms with Crippen LogP contribution in [0.3, 0.4) is 0 Å². The largest absolute Gasteiger partial charge is 0.489 e. The minimum absolute atomic E-state index is 0.185. The van der Waals surface area contributed by atoms with Crippen LogP contribution in [0.4, 0.5) is 11.6 Å². The summed E-state index contributed by atoms with van der Waals surface area (Å²) in [5.74, 6) is 1.17. The van der Waals surface area contributed by atoms with E-state index in [1.807, 2.05) is 74.5 Å². The van der Waals surface area contributed by atoms with Crippen molar-refractivity contribution in [3.8, 4) is 5.75 Å². The fourth-order valence-corrected chi connectivity index (χ4v) is 4.28. The van der Waals surface area contributed by atoms with Crippen LogP contribution in [0.15, 0.2) is 90.4 Å². The monoisotopic (exact) mass is 465 g/mol. The second-order valence-corrected chi connectivity index (χ2v) is 8.65. The van der Waals surface area contributed by atoms with E-state index in [0.29, 0.717) is 18.1 Å². The minimum atomic E-state index is -0.428. The number of aryl methyl sites for hydroxylation is 2. The molecule has 1 aromatic heterocycles. The molecule has 3 aromatic carbocycles. The van der Waals surface area contributed by atoms with Crippen LogP contribution < -0.4 is 15.4 Å². The lowest BCUT2D eigenvalue weighted by Gasteiger charge is -2.29. The Morgan fingerprint density at radius 2 is 1.69 bits per heavy atom. The maximum Gasteiger partial charge on any atom is 0.255 e. The summed E-state index contributed by atoms with van der Waals surface area (Å²) in [6.45, 7) is 6.43. The minimum Gasteiger partial charge on any atom is -0.489 e. The summed E-state index contributed by atoms with van der Waals surface area (Å²) in [5, 5.41) is 10.7. The number of hydrogen-bond acceptors (Lipinski definition) is 5. The standard InChI is InChI=1S/C28H27N5O2/c1-18-8-4-6-10-22(18)16-35-23-14-12-21(13-15-23)26-25(20(3)31-28-29-17-30-33(26)28)27(34)32-24-11-7-5-9-19(24)2/h4-15,17,26H,16H2,1-3H3,(H,32,34)(H,29,30,31)/t26-/m1/s1. The number of amides is 1. The molecule has 1 aliphatic heterocycles. The average Bonchev–Trinajstić information content (AvgIpc) is 3.32. The van der Waals surface area contributed by atoms with Gasteiger partial charge >= 0.3 is 0 Å². The molecule has 7 heteroatoms. The number of aromatic nitrogens is 3. The summed E-state index contributed by atoms with van der Waals surface area (Å²) in [4.78, 5) is 17.8. The second kappa shape index (κ2) is 9.46. The number of ether oxygens (including phenoxy) is 1. The fraction of sp³-hybridized carbons (Fsp3) is 0.179. The van der Waals surface area contributed by atoms with E-state index >= 15 is 0 Å². The third-order valence-electron chi connectivity index (χ3n) is 6.28. The number of hydrogen-bond donors (Lipinski definition) is 2. The molecule has 1 amide bonds. The number of anilines is 2. The Kier molecular flexibility index (Phi) is 6.06. The normalized spacial score (nSPS) is 14.8. The molecule has 1 aliphatic rings. The first kappa shape index (κ1) is 22.4. The molecule has 0 spiro atoms. The molecule has 4 aromatic rings. The van der Waals surface area contributed by atoms with Crippen LogP contribution in [0.1, 0.15) is 35.2 Å². The number of benzene rings is 3. The van der Waals surface area contributed by atoms with Crippen LogP contribution >= 0.6 is 0 Å². The molecule has 7 nitrogen and oxygen atoms in total. The van der Waals surface area contributed by atoms with E-state index in [9.17, 15) is 4.79 Å². The molecule has 0 aliphatic carbocycles. The van der Waals surface area contributed by atoms with Crippen molar-refractivity contribution in [2.75, 3.05) is 10.6 Å². The van der Waals surface area contributed by atoms with Crippen LogP contribution in [0.5, 0.6) is 5.75 Å². The van der Waals surface area contributed by atoms with Crippen molar-refractivity contribution >= 4 is 17.5 Å². The molecule has 2 heterocycles. The Bertz CT molecular complexity index is 1400. The molecule has 0 radical (unpaired) electrons. The Labute approximate surface area is 204 Å². The van der Waals surface area contributed by atoms with Crippen molar-refractivity contribution < 1.29 is 9.53 Å². The number of carbonyl (C=O) groups excluding carboxylic acids is 1. The number of nitrogens with zero attached hydrogens (tertiary/aromatic N) is 3. The van der Waals surface area contributed by atoms with Gasteiger partial charge in [-0.05, 0) is 61.2 Å². The SMILES string of the molecule is CC1=C(C(=O)Nc2ccccc2C)[C@@H](c2ccc(OCc3ccccc3C)cc2)n2ncnc2N1. The van der Waals surface area contributed by atoms with Gasteiger partial charge in [0, 0.05) is 11.4 Å². The van der Waals surface area contributed by atoms with E-state index in [1.165, 1.54) is 11.9 Å². The van der Waals surface area contributed by atoms with E-state index in [4.69, 9.17) is 4.74 Å². The summed E-state index contributed by atoms with van der Waals surface area (Å²) in [6, 6.07) is 23.3. The lowest BCUT2D eigenvalue weighted by atomic mass is 9.95. The van der Waals surface area contributed by atoms with E-state index in [0.717, 1.165) is 33.8 Å². The summed E-state index contributed by atoms with van der Waals surface area (Å²) in [6.07, 6.45) is 1.49. The van der Waals surface area contributed by atoms with Gasteiger partial charge in [-0.25, -0.2) is 4.68 Å². The fourth-order valence-electron chi connectivity index (χ4n) is 4.28. The molecule has 0 bridgehead atoms. The zero-order valence-corrected chi connectivity index (χ0v) is 19.9. The maximum absolute atomic E-state index is 13.5. The van der Waals surface area contributed by atoms with Gasteiger partial charge < -0.3 is 15.4 Å². The number of allylic oxidation sites excluding steroid dienone is 1. The van der Waals surface area contributed by atoms with Crippen LogP contribution in [-0.2, 0) is 11.4 Å². The van der Waals surface area contributed by atoms with Crippen molar-refractivity contribution in [3.05, 3.63) is 113 Å². The van der Waals surface area contributed by atoms with Gasteiger partial charge in [-0.1, -0.05) is 54.6 Å². The number of nitrogens with one attached hydrogen (secondary N) is 2. The first-order valence-corrected chi connectivity index (χ1v) is 11.5. The third kappa shape index (κ3) is 4.53. The second-order valence-electron chi connectivity index (χ2n) is 8.65. The lowest BCUT2D eigenvalue weighted by molar-refractivity contribution is -0.113. The van der Waals surface area contributed by atoms with E-state index < -0.39 is 6.04 Å². The first-order valence-electron chi connectivity index (χ1n) is 11.5. The molecule has 0 saturated carbocycles. The van der Waals surface area contributed by atoms with Crippen molar-refractivity contribution in [3.63, 3.8) is 0 Å². The Morgan fingerprint density at radius 1 is 0.971 bits per heavy atom. The molecule has 0 fully saturated rings. The molecule has 1 atom stereocenters. The Hall–Kier alpha value is -4.39. The van der Waals surface area contributed by atoms with Gasteiger partial charge in [-0.2, -0.15) is 10.1 Å². The first-order chi connectivity index (χ1) is 17.0. The Balaban J connectivity index is 1.42. The van der Waals surface area contributed by atoms with Gasteiger partial charge in [0.15, 0.2) is 0 Å². The zero-order chi connectivity index (χ0) is 24.4. The van der Waals surface area contributed by atoms with Crippen LogP contribution in [0.2, 0.25) is 0 Å². The zero-order valence-electron chi connectivity index (χ0n) is 19.9. The lowest BCUT2D eigenvalue weighted by Crippen LogP contribution is -2.31. The van der Waals surface area contributed by atoms with Gasteiger partial charge in [0.05, 0.1) is 5.57 Å². The van der Waals surface area contributed by atoms with E-state index in [1.54, 1.807) is 4.68 Å². The van der Waals surface area contributed by atoms with Crippen molar-refractivity contribution in [1.29, 1.82) is 0 Å². The van der Waals surface area contributed by atoms with Crippen LogP contribution in [0.25, 0.3) is 0 Å². The molecular formula is C28H27N5O2. The number of rotatable bonds is 6. The predicted molar refractivity (Wildman–Crippen MR) is 136 cm³/mol. The average molecular weight is 466 g/mol. The van der Waals surface area contributed by atoms with Crippen molar-refractivity contribution in [1.82, 2.24) is 14.8 Å². The number of fused-ring (bicyclic) bond motifs is 1. The summed E-state index contributed by atoms with van der Waals surface area (Å²) >= 11 is 0. The van der Waals surface area contributed by atoms with Gasteiger partial charge in [0.25, 0.3) is 5.91 Å². The maximum atomic E-state index is 13.5. The van der Waals surface area contributed by atoms with E-state index in [2.05, 4.69) is 39.8 Å². The summed E-state index contributed by atoms with van der Waals surface area (Å²) in [7, 11) is 0. The number of carbonyl (C=O) groups is 1. The third-order valence-corrected chi connectivity index (χ3v) is 6.28. The molecular weight excluding hydrogens is 438 g/mol. The molecule has 0 saturated heterocycles. The smallest absolute Gasteiger partial charge is 0.255 e. The highest BCUT2D eigenvalue weighted by Crippen LogP contribution is 2.36. The van der Waals surface area contributed by atoms with Gasteiger partial charge in [0.1, 0.15) is 24.7 Å². The molecule has 176 valence electrons. The predicted octanol–water partition coefficient (Wildman–Crippen LogP) is 5.40. The number of para-hydroxylation sites is 1. The molecule has 5 rings (SSSR count). The van der Waals surface area contributed by atoms with Crippen molar-refractivity contribution in [2.24, 2.45) is 0 Å². The summed E-state index contributed by atoms with van der Waals surface area (Å²) in [5.41, 5.74) is 6.35. The van der Waals surface area contributed by atoms with E-state index in [-0.39, 0.29) is 5.91 Å². The molecule has 2 N–H and O–H groups in total. The topological polar surface area (TPSA) is 81.1 Å². The van der Waals surface area contributed by atoms with Crippen molar-refractivity contribution in [2.45, 2.75) is 33.4 Å². The molecule has 0 unspecified atom stereocenters. The van der Waals surface area contributed by atoms with Gasteiger partial charge in [-0.3, -0.25) is 4.79 Å².